The Balaban J connectivity index is 1.73. The maximum Gasteiger partial charge on any atom is 0.183 e. The molecule has 2 nitrogen and oxygen atoms in total. The molecular weight excluding hydrogens is 276 g/mol. The van der Waals surface area contributed by atoms with Gasteiger partial charge in [0.15, 0.2) is 5.13 Å². The van der Waals surface area contributed by atoms with Crippen LogP contribution in [-0.2, 0) is 0 Å². The lowest BCUT2D eigenvalue weighted by Gasteiger charge is -2.04. The van der Waals surface area contributed by atoms with E-state index in [1.807, 2.05) is 18.2 Å². The molecule has 0 bridgehead atoms. The molecule has 1 N–H and O–H groups in total. The average molecular weight is 295 g/mol. The van der Waals surface area contributed by atoms with Crippen molar-refractivity contribution < 1.29 is 0 Å². The van der Waals surface area contributed by atoms with Gasteiger partial charge in [0, 0.05) is 11.6 Å². The molecule has 102 valence electrons. The average Bonchev–Trinajstić information content (AvgIpc) is 2.63. The topological polar surface area (TPSA) is 24.9 Å². The molecule has 0 unspecified atom stereocenters. The highest BCUT2D eigenvalue weighted by Gasteiger charge is 2.64. The lowest BCUT2D eigenvalue weighted by atomic mass is 10.0. The summed E-state index contributed by atoms with van der Waals surface area (Å²) < 4.78 is 1.18. The lowest BCUT2D eigenvalue weighted by Crippen LogP contribution is -2.07. The van der Waals surface area contributed by atoms with E-state index in [1.54, 1.807) is 11.3 Å². The van der Waals surface area contributed by atoms with Crippen LogP contribution in [-0.4, -0.2) is 11.5 Å². The fourth-order valence-corrected chi connectivity index (χ4v) is 4.03. The minimum absolute atomic E-state index is 0.417. The van der Waals surface area contributed by atoms with Crippen LogP contribution in [0.5, 0.6) is 0 Å². The fraction of sp³-hybridized carbons (Fsp3) is 0.533. The number of fused-ring (bicyclic) bond motifs is 1. The van der Waals surface area contributed by atoms with Gasteiger partial charge in [-0.3, -0.25) is 0 Å². The second-order valence-corrected chi connectivity index (χ2v) is 7.98. The summed E-state index contributed by atoms with van der Waals surface area (Å²) in [4.78, 5) is 4.59. The molecule has 0 radical (unpaired) electrons. The van der Waals surface area contributed by atoms with Crippen LogP contribution < -0.4 is 5.32 Å². The third kappa shape index (κ3) is 2.03. The molecule has 19 heavy (non-hydrogen) atoms. The maximum atomic E-state index is 5.98. The van der Waals surface area contributed by atoms with Crippen LogP contribution >= 0.6 is 22.9 Å². The smallest absolute Gasteiger partial charge is 0.183 e. The first-order chi connectivity index (χ1) is 8.82. The van der Waals surface area contributed by atoms with Crippen molar-refractivity contribution in [2.75, 3.05) is 11.9 Å². The van der Waals surface area contributed by atoms with Gasteiger partial charge < -0.3 is 5.32 Å². The molecule has 1 aliphatic rings. The first kappa shape index (κ1) is 13.2. The molecule has 0 aliphatic heterocycles. The summed E-state index contributed by atoms with van der Waals surface area (Å²) in [7, 11) is 0. The molecule has 1 heterocycles. The Bertz CT molecular complexity index is 616. The summed E-state index contributed by atoms with van der Waals surface area (Å²) in [5, 5.41) is 5.23. The zero-order chi connectivity index (χ0) is 13.8. The summed E-state index contributed by atoms with van der Waals surface area (Å²) in [6, 6.07) is 5.87. The fourth-order valence-electron chi connectivity index (χ4n) is 3.01. The molecule has 0 spiro atoms. The quantitative estimate of drug-likeness (QED) is 0.857. The number of nitrogens with one attached hydrogen (secondary N) is 1. The van der Waals surface area contributed by atoms with Gasteiger partial charge >= 0.3 is 0 Å². The van der Waals surface area contributed by atoms with Crippen LogP contribution in [0.1, 0.15) is 27.7 Å². The van der Waals surface area contributed by atoms with Crippen molar-refractivity contribution in [1.29, 1.82) is 0 Å². The molecule has 1 aromatic carbocycles. The molecule has 4 heteroatoms. The molecule has 0 amide bonds. The first-order valence-corrected chi connectivity index (χ1v) is 7.82. The second-order valence-electron chi connectivity index (χ2n) is 6.51. The van der Waals surface area contributed by atoms with E-state index in [2.05, 4.69) is 38.0 Å². The maximum absolute atomic E-state index is 5.98. The van der Waals surface area contributed by atoms with E-state index in [1.165, 1.54) is 4.70 Å². The number of aromatic nitrogens is 1. The van der Waals surface area contributed by atoms with Crippen molar-refractivity contribution in [3.63, 3.8) is 0 Å². The van der Waals surface area contributed by atoms with Crippen molar-refractivity contribution in [2.45, 2.75) is 27.7 Å². The normalized spacial score (nSPS) is 20.7. The monoisotopic (exact) mass is 294 g/mol. The van der Waals surface area contributed by atoms with Crippen LogP contribution in [0.4, 0.5) is 5.13 Å². The van der Waals surface area contributed by atoms with Crippen molar-refractivity contribution in [1.82, 2.24) is 4.98 Å². The molecule has 1 aromatic heterocycles. The Kier molecular flexibility index (Phi) is 2.84. The van der Waals surface area contributed by atoms with Gasteiger partial charge in [-0.25, -0.2) is 4.98 Å². The predicted octanol–water partition coefficient (Wildman–Crippen LogP) is 5.04. The Morgan fingerprint density at radius 2 is 1.95 bits per heavy atom. The van der Waals surface area contributed by atoms with Gasteiger partial charge in [-0.05, 0) is 34.9 Å². The van der Waals surface area contributed by atoms with Gasteiger partial charge in [-0.2, -0.15) is 0 Å². The zero-order valence-electron chi connectivity index (χ0n) is 11.7. The van der Waals surface area contributed by atoms with Crippen LogP contribution in [0.2, 0.25) is 5.02 Å². The van der Waals surface area contributed by atoms with Gasteiger partial charge in [0.1, 0.15) is 0 Å². The Morgan fingerprint density at radius 1 is 1.26 bits per heavy atom. The van der Waals surface area contributed by atoms with Gasteiger partial charge in [0.2, 0.25) is 0 Å². The molecular formula is C15H19ClN2S. The van der Waals surface area contributed by atoms with E-state index >= 15 is 0 Å². The van der Waals surface area contributed by atoms with Crippen molar-refractivity contribution >= 4 is 38.3 Å². The first-order valence-electron chi connectivity index (χ1n) is 6.62. The zero-order valence-corrected chi connectivity index (χ0v) is 13.3. The molecule has 3 rings (SSSR count). The van der Waals surface area contributed by atoms with E-state index in [0.29, 0.717) is 16.7 Å². The number of benzene rings is 1. The van der Waals surface area contributed by atoms with Crippen LogP contribution in [0.3, 0.4) is 0 Å². The molecule has 0 atom stereocenters. The number of nitrogens with zero attached hydrogens (tertiary/aromatic N) is 1. The van der Waals surface area contributed by atoms with E-state index in [-0.39, 0.29) is 0 Å². The van der Waals surface area contributed by atoms with Gasteiger partial charge in [0.05, 0.1) is 10.2 Å². The summed E-state index contributed by atoms with van der Waals surface area (Å²) in [6.07, 6.45) is 0. The Hall–Kier alpha value is -0.800. The SMILES string of the molecule is CC1(C)C(CNc2nc3cc(Cl)ccc3s2)C1(C)C. The van der Waals surface area contributed by atoms with Gasteiger partial charge in [-0.1, -0.05) is 50.6 Å². The predicted molar refractivity (Wildman–Crippen MR) is 84.2 cm³/mol. The molecule has 1 aliphatic carbocycles. The number of halogens is 1. The minimum Gasteiger partial charge on any atom is -0.361 e. The third-order valence-corrected chi connectivity index (χ3v) is 6.36. The van der Waals surface area contributed by atoms with Gasteiger partial charge in [-0.15, -0.1) is 0 Å². The van der Waals surface area contributed by atoms with E-state index in [9.17, 15) is 0 Å². The van der Waals surface area contributed by atoms with Gasteiger partial charge in [0.25, 0.3) is 0 Å². The highest BCUT2D eigenvalue weighted by atomic mass is 35.5. The van der Waals surface area contributed by atoms with Crippen molar-refractivity contribution in [3.05, 3.63) is 23.2 Å². The Labute approximate surface area is 123 Å². The van der Waals surface area contributed by atoms with Crippen LogP contribution in [0, 0.1) is 16.7 Å². The van der Waals surface area contributed by atoms with E-state index in [0.717, 1.165) is 22.2 Å². The highest BCUT2D eigenvalue weighted by molar-refractivity contribution is 7.22. The second kappa shape index (κ2) is 4.10. The number of hydrogen-bond acceptors (Lipinski definition) is 3. The number of anilines is 1. The van der Waals surface area contributed by atoms with Crippen molar-refractivity contribution in [3.8, 4) is 0 Å². The number of hydrogen-bond donors (Lipinski definition) is 1. The highest BCUT2D eigenvalue weighted by Crippen LogP contribution is 2.68. The molecule has 2 aromatic rings. The summed E-state index contributed by atoms with van der Waals surface area (Å²) >= 11 is 7.68. The van der Waals surface area contributed by atoms with E-state index in [4.69, 9.17) is 11.6 Å². The molecule has 1 fully saturated rings. The van der Waals surface area contributed by atoms with Crippen LogP contribution in [0.15, 0.2) is 18.2 Å². The third-order valence-electron chi connectivity index (χ3n) is 5.13. The lowest BCUT2D eigenvalue weighted by molar-refractivity contribution is 0.457. The molecule has 1 saturated carbocycles. The van der Waals surface area contributed by atoms with E-state index < -0.39 is 0 Å². The standard InChI is InChI=1S/C15H19ClN2S/c1-14(2)12(15(14,3)4)8-17-13-18-10-7-9(16)5-6-11(10)19-13/h5-7,12H,8H2,1-4H3,(H,17,18). The minimum atomic E-state index is 0.417. The van der Waals surface area contributed by atoms with Crippen molar-refractivity contribution in [2.24, 2.45) is 16.7 Å². The summed E-state index contributed by atoms with van der Waals surface area (Å²) in [5.74, 6) is 0.704. The summed E-state index contributed by atoms with van der Waals surface area (Å²) in [6.45, 7) is 10.4. The molecule has 0 saturated heterocycles. The summed E-state index contributed by atoms with van der Waals surface area (Å²) in [5.41, 5.74) is 1.81. The number of rotatable bonds is 3. The Morgan fingerprint density at radius 3 is 2.58 bits per heavy atom. The number of thiazole rings is 1. The largest absolute Gasteiger partial charge is 0.361 e. The van der Waals surface area contributed by atoms with Crippen LogP contribution in [0.25, 0.3) is 10.2 Å².